The number of amides is 2. The van der Waals surface area contributed by atoms with Gasteiger partial charge in [0.1, 0.15) is 5.75 Å². The van der Waals surface area contributed by atoms with Gasteiger partial charge < -0.3 is 15.4 Å². The van der Waals surface area contributed by atoms with Gasteiger partial charge in [0, 0.05) is 25.7 Å². The number of benzene rings is 1. The van der Waals surface area contributed by atoms with Crippen LogP contribution in [0.3, 0.4) is 0 Å². The molecule has 0 spiro atoms. The average Bonchev–Trinajstić information content (AvgIpc) is 2.97. The standard InChI is InChI=1S/C23H35N3O3/c1-16-17(2)21(29-3)11-10-18(16)15-26-13-12-24-23(28)20(26)14-22(27)25-19-8-6-4-5-7-9-19/h10-11,19-20H,4-9,12-15H2,1-3H3,(H,24,28)(H,25,27)/t20-/m0/s1. The van der Waals surface area contributed by atoms with Gasteiger partial charge in [0.05, 0.1) is 19.6 Å². The first-order chi connectivity index (χ1) is 14.0. The molecule has 29 heavy (non-hydrogen) atoms. The second-order valence-corrected chi connectivity index (χ2v) is 8.41. The number of carbonyl (C=O) groups excluding carboxylic acids is 2. The van der Waals surface area contributed by atoms with E-state index in [-0.39, 0.29) is 24.3 Å². The highest BCUT2D eigenvalue weighted by Gasteiger charge is 2.32. The molecule has 1 saturated heterocycles. The summed E-state index contributed by atoms with van der Waals surface area (Å²) in [6.45, 7) is 6.17. The Morgan fingerprint density at radius 2 is 1.90 bits per heavy atom. The number of methoxy groups -OCH3 is 1. The van der Waals surface area contributed by atoms with E-state index in [2.05, 4.69) is 35.4 Å². The lowest BCUT2D eigenvalue weighted by molar-refractivity contribution is -0.134. The van der Waals surface area contributed by atoms with Crippen LogP contribution in [0.1, 0.15) is 61.6 Å². The third-order valence-electron chi connectivity index (χ3n) is 6.48. The van der Waals surface area contributed by atoms with E-state index in [1.165, 1.54) is 36.8 Å². The van der Waals surface area contributed by atoms with Crippen molar-refractivity contribution in [3.63, 3.8) is 0 Å². The summed E-state index contributed by atoms with van der Waals surface area (Å²) in [5.41, 5.74) is 3.47. The molecule has 3 rings (SSSR count). The first-order valence-electron chi connectivity index (χ1n) is 10.9. The summed E-state index contributed by atoms with van der Waals surface area (Å²) in [7, 11) is 1.68. The van der Waals surface area contributed by atoms with E-state index >= 15 is 0 Å². The smallest absolute Gasteiger partial charge is 0.237 e. The van der Waals surface area contributed by atoms with Gasteiger partial charge in [-0.3, -0.25) is 14.5 Å². The Morgan fingerprint density at radius 3 is 2.59 bits per heavy atom. The van der Waals surface area contributed by atoms with E-state index in [0.29, 0.717) is 13.1 Å². The molecular weight excluding hydrogens is 366 g/mol. The molecule has 1 saturated carbocycles. The zero-order valence-electron chi connectivity index (χ0n) is 18.1. The highest BCUT2D eigenvalue weighted by atomic mass is 16.5. The van der Waals surface area contributed by atoms with Crippen LogP contribution in [0.2, 0.25) is 0 Å². The summed E-state index contributed by atoms with van der Waals surface area (Å²) < 4.78 is 5.41. The molecule has 1 atom stereocenters. The van der Waals surface area contributed by atoms with E-state index in [0.717, 1.165) is 30.7 Å². The molecule has 6 nitrogen and oxygen atoms in total. The molecule has 2 aliphatic rings. The van der Waals surface area contributed by atoms with Gasteiger partial charge in [-0.05, 0) is 49.4 Å². The molecule has 0 aromatic heterocycles. The average molecular weight is 402 g/mol. The second kappa shape index (κ2) is 10.1. The Balaban J connectivity index is 1.66. The maximum atomic E-state index is 12.7. The summed E-state index contributed by atoms with van der Waals surface area (Å²) in [5, 5.41) is 6.12. The number of hydrogen-bond donors (Lipinski definition) is 2. The lowest BCUT2D eigenvalue weighted by Crippen LogP contribution is -2.56. The van der Waals surface area contributed by atoms with Crippen molar-refractivity contribution in [1.82, 2.24) is 15.5 Å². The first-order valence-corrected chi connectivity index (χ1v) is 10.9. The fourth-order valence-electron chi connectivity index (χ4n) is 4.52. The third kappa shape index (κ3) is 5.50. The Hall–Kier alpha value is -2.08. The van der Waals surface area contributed by atoms with Crippen LogP contribution in [0.25, 0.3) is 0 Å². The van der Waals surface area contributed by atoms with Gasteiger partial charge in [0.2, 0.25) is 11.8 Å². The number of hydrogen-bond acceptors (Lipinski definition) is 4. The van der Waals surface area contributed by atoms with Crippen molar-refractivity contribution in [2.45, 2.75) is 77.4 Å². The van der Waals surface area contributed by atoms with Crippen LogP contribution >= 0.6 is 0 Å². The maximum Gasteiger partial charge on any atom is 0.237 e. The van der Waals surface area contributed by atoms with E-state index in [4.69, 9.17) is 4.74 Å². The van der Waals surface area contributed by atoms with Crippen LogP contribution in [0.15, 0.2) is 12.1 Å². The van der Waals surface area contributed by atoms with E-state index in [9.17, 15) is 9.59 Å². The van der Waals surface area contributed by atoms with Gasteiger partial charge in [-0.25, -0.2) is 0 Å². The number of nitrogens with zero attached hydrogens (tertiary/aromatic N) is 1. The quantitative estimate of drug-likeness (QED) is 0.719. The molecule has 1 aliphatic heterocycles. The molecule has 6 heteroatoms. The van der Waals surface area contributed by atoms with Gasteiger partial charge in [0.15, 0.2) is 0 Å². The van der Waals surface area contributed by atoms with Crippen molar-refractivity contribution in [1.29, 1.82) is 0 Å². The molecule has 1 aromatic carbocycles. The highest BCUT2D eigenvalue weighted by Crippen LogP contribution is 2.26. The van der Waals surface area contributed by atoms with E-state index < -0.39 is 6.04 Å². The zero-order chi connectivity index (χ0) is 20.8. The molecule has 160 valence electrons. The van der Waals surface area contributed by atoms with Gasteiger partial charge in [-0.1, -0.05) is 31.7 Å². The van der Waals surface area contributed by atoms with Crippen molar-refractivity contribution in [3.8, 4) is 5.75 Å². The predicted octanol–water partition coefficient (Wildman–Crippen LogP) is 2.84. The van der Waals surface area contributed by atoms with Crippen LogP contribution in [-0.2, 0) is 16.1 Å². The number of ether oxygens (including phenoxy) is 1. The monoisotopic (exact) mass is 401 g/mol. The Bertz CT molecular complexity index is 726. The van der Waals surface area contributed by atoms with Crippen molar-refractivity contribution >= 4 is 11.8 Å². The Morgan fingerprint density at radius 1 is 1.17 bits per heavy atom. The zero-order valence-corrected chi connectivity index (χ0v) is 18.1. The second-order valence-electron chi connectivity index (χ2n) is 8.41. The van der Waals surface area contributed by atoms with Gasteiger partial charge in [0.25, 0.3) is 0 Å². The molecule has 2 amide bonds. The number of rotatable bonds is 6. The predicted molar refractivity (Wildman–Crippen MR) is 114 cm³/mol. The van der Waals surface area contributed by atoms with E-state index in [1.807, 2.05) is 6.07 Å². The lowest BCUT2D eigenvalue weighted by Gasteiger charge is -2.35. The molecule has 2 N–H and O–H groups in total. The van der Waals surface area contributed by atoms with Crippen LogP contribution in [0, 0.1) is 13.8 Å². The van der Waals surface area contributed by atoms with Crippen LogP contribution in [-0.4, -0.2) is 49.0 Å². The fourth-order valence-corrected chi connectivity index (χ4v) is 4.52. The molecule has 2 fully saturated rings. The van der Waals surface area contributed by atoms with Crippen LogP contribution < -0.4 is 15.4 Å². The first kappa shape index (κ1) is 21.6. The number of nitrogens with one attached hydrogen (secondary N) is 2. The SMILES string of the molecule is COc1ccc(CN2CCNC(=O)[C@@H]2CC(=O)NC2CCCCCC2)c(C)c1C. The topological polar surface area (TPSA) is 70.7 Å². The molecule has 0 radical (unpaired) electrons. The largest absolute Gasteiger partial charge is 0.496 e. The molecular formula is C23H35N3O3. The third-order valence-corrected chi connectivity index (χ3v) is 6.48. The normalized spacial score (nSPS) is 21.3. The van der Waals surface area contributed by atoms with E-state index in [1.54, 1.807) is 7.11 Å². The summed E-state index contributed by atoms with van der Waals surface area (Å²) >= 11 is 0. The van der Waals surface area contributed by atoms with Gasteiger partial charge in [-0.2, -0.15) is 0 Å². The number of carbonyl (C=O) groups is 2. The van der Waals surface area contributed by atoms with Crippen LogP contribution in [0.4, 0.5) is 0 Å². The highest BCUT2D eigenvalue weighted by molar-refractivity contribution is 5.88. The molecule has 0 bridgehead atoms. The fraction of sp³-hybridized carbons (Fsp3) is 0.652. The van der Waals surface area contributed by atoms with Gasteiger partial charge in [-0.15, -0.1) is 0 Å². The molecule has 0 unspecified atom stereocenters. The van der Waals surface area contributed by atoms with Crippen molar-refractivity contribution in [2.75, 3.05) is 20.2 Å². The van der Waals surface area contributed by atoms with Crippen molar-refractivity contribution in [3.05, 3.63) is 28.8 Å². The lowest BCUT2D eigenvalue weighted by atomic mass is 10.00. The van der Waals surface area contributed by atoms with Crippen LogP contribution in [0.5, 0.6) is 5.75 Å². The minimum absolute atomic E-state index is 0.00779. The summed E-state index contributed by atoms with van der Waals surface area (Å²) in [5.74, 6) is 0.823. The Labute approximate surface area is 174 Å². The maximum absolute atomic E-state index is 12.7. The van der Waals surface area contributed by atoms with Crippen molar-refractivity contribution in [2.24, 2.45) is 0 Å². The molecule has 1 aromatic rings. The minimum Gasteiger partial charge on any atom is -0.496 e. The summed E-state index contributed by atoms with van der Waals surface area (Å²) in [6, 6.07) is 3.89. The molecule has 1 aliphatic carbocycles. The number of piperazine rings is 1. The summed E-state index contributed by atoms with van der Waals surface area (Å²) in [4.78, 5) is 27.4. The van der Waals surface area contributed by atoms with Crippen molar-refractivity contribution < 1.29 is 14.3 Å². The minimum atomic E-state index is -0.420. The van der Waals surface area contributed by atoms with Gasteiger partial charge >= 0.3 is 0 Å². The Kier molecular flexibility index (Phi) is 7.53. The molecule has 1 heterocycles. The summed E-state index contributed by atoms with van der Waals surface area (Å²) in [6.07, 6.45) is 7.19.